The number of thiazole rings is 1. The minimum absolute atomic E-state index is 0.151. The number of nitrogens with one attached hydrogen (secondary N) is 1. The normalized spacial score (nSPS) is 14.7. The number of nitro benzene ring substituents is 1. The largest absolute Gasteiger partial charge is 0.497 e. The van der Waals surface area contributed by atoms with Crippen molar-refractivity contribution in [2.45, 2.75) is 36.9 Å². The van der Waals surface area contributed by atoms with Gasteiger partial charge in [0, 0.05) is 17.8 Å². The molecular formula is C29H25N5O7S2. The van der Waals surface area contributed by atoms with Crippen LogP contribution < -0.4 is 25.2 Å². The predicted octanol–water partition coefficient (Wildman–Crippen LogP) is 3.26. The van der Waals surface area contributed by atoms with Gasteiger partial charge in [0.25, 0.3) is 16.8 Å². The second-order valence-electron chi connectivity index (χ2n) is 9.35. The topological polar surface area (TPSA) is 159 Å². The van der Waals surface area contributed by atoms with Crippen molar-refractivity contribution < 1.29 is 19.2 Å². The number of esters is 1. The Balaban J connectivity index is 1.61. The Labute approximate surface area is 252 Å². The molecule has 0 saturated carbocycles. The summed E-state index contributed by atoms with van der Waals surface area (Å²) in [5.74, 6) is 0.0364. The van der Waals surface area contributed by atoms with E-state index in [9.17, 15) is 24.5 Å². The van der Waals surface area contributed by atoms with Crippen molar-refractivity contribution in [1.82, 2.24) is 14.5 Å². The van der Waals surface area contributed by atoms with Crippen molar-refractivity contribution >= 4 is 40.8 Å². The van der Waals surface area contributed by atoms with Gasteiger partial charge in [-0.1, -0.05) is 29.5 Å². The van der Waals surface area contributed by atoms with Gasteiger partial charge >= 0.3 is 5.97 Å². The molecule has 1 aliphatic heterocycles. The van der Waals surface area contributed by atoms with E-state index in [1.807, 2.05) is 0 Å². The monoisotopic (exact) mass is 619 g/mol. The molecule has 0 spiro atoms. The lowest BCUT2D eigenvalue weighted by Crippen LogP contribution is -2.39. The first-order valence-electron chi connectivity index (χ1n) is 13.0. The van der Waals surface area contributed by atoms with Gasteiger partial charge in [0.05, 0.1) is 45.4 Å². The fraction of sp³-hybridized carbons (Fsp3) is 0.207. The SMILES string of the molecule is CCOC(=O)C1=C(C)N=c2s/c(=C/c3ccc(Sc4nc(C)cc(=O)[nH]4)c([N+](=O)[O-])c3)c(=O)n2[C@H]1c1ccc(OC)cc1. The molecule has 0 bridgehead atoms. The molecule has 1 atom stereocenters. The van der Waals surface area contributed by atoms with Crippen LogP contribution in [0.3, 0.4) is 0 Å². The lowest BCUT2D eigenvalue weighted by atomic mass is 9.96. The number of aromatic amines is 1. The third-order valence-electron chi connectivity index (χ3n) is 6.48. The van der Waals surface area contributed by atoms with Gasteiger partial charge in [0.15, 0.2) is 9.96 Å². The van der Waals surface area contributed by atoms with Crippen molar-refractivity contribution in [3.8, 4) is 5.75 Å². The molecule has 0 saturated heterocycles. The molecule has 0 amide bonds. The van der Waals surface area contributed by atoms with E-state index in [0.29, 0.717) is 33.1 Å². The summed E-state index contributed by atoms with van der Waals surface area (Å²) in [6.45, 7) is 5.20. The Kier molecular flexibility index (Phi) is 8.41. The van der Waals surface area contributed by atoms with Gasteiger partial charge in [0.2, 0.25) is 0 Å². The number of nitro groups is 1. The Morgan fingerprint density at radius 3 is 2.58 bits per heavy atom. The molecule has 43 heavy (non-hydrogen) atoms. The van der Waals surface area contributed by atoms with Crippen LogP contribution in [0.2, 0.25) is 0 Å². The molecule has 2 aromatic carbocycles. The van der Waals surface area contributed by atoms with Crippen LogP contribution in [0.25, 0.3) is 6.08 Å². The average molecular weight is 620 g/mol. The smallest absolute Gasteiger partial charge is 0.338 e. The van der Waals surface area contributed by atoms with Crippen molar-refractivity contribution in [3.05, 3.63) is 117 Å². The van der Waals surface area contributed by atoms with E-state index in [4.69, 9.17) is 9.47 Å². The zero-order valence-corrected chi connectivity index (χ0v) is 25.1. The Morgan fingerprint density at radius 2 is 1.93 bits per heavy atom. The molecule has 1 aliphatic rings. The van der Waals surface area contributed by atoms with Gasteiger partial charge in [-0.2, -0.15) is 0 Å². The summed E-state index contributed by atoms with van der Waals surface area (Å²) >= 11 is 2.07. The number of methoxy groups -OCH3 is 1. The average Bonchev–Trinajstić information content (AvgIpc) is 3.26. The number of allylic oxidation sites excluding steroid dienone is 1. The maximum Gasteiger partial charge on any atom is 0.338 e. The second kappa shape index (κ2) is 12.2. The van der Waals surface area contributed by atoms with Gasteiger partial charge in [-0.15, -0.1) is 0 Å². The number of hydrogen-bond acceptors (Lipinski definition) is 11. The van der Waals surface area contributed by atoms with E-state index in [2.05, 4.69) is 15.0 Å². The number of carbonyl (C=O) groups is 1. The Hall–Kier alpha value is -4.82. The number of carbonyl (C=O) groups excluding carboxylic acids is 1. The molecule has 2 aromatic heterocycles. The molecule has 5 rings (SSSR count). The number of hydrogen-bond donors (Lipinski definition) is 1. The van der Waals surface area contributed by atoms with Crippen molar-refractivity contribution in [2.24, 2.45) is 4.99 Å². The van der Waals surface area contributed by atoms with Crippen LogP contribution in [0, 0.1) is 17.0 Å². The van der Waals surface area contributed by atoms with E-state index in [1.165, 1.54) is 22.8 Å². The highest BCUT2D eigenvalue weighted by atomic mass is 32.2. The zero-order valence-electron chi connectivity index (χ0n) is 23.4. The Morgan fingerprint density at radius 1 is 1.19 bits per heavy atom. The fourth-order valence-electron chi connectivity index (χ4n) is 4.60. The molecule has 1 N–H and O–H groups in total. The van der Waals surface area contributed by atoms with Gasteiger partial charge in [-0.25, -0.2) is 14.8 Å². The number of fused-ring (bicyclic) bond motifs is 1. The first-order chi connectivity index (χ1) is 20.6. The zero-order chi connectivity index (χ0) is 30.8. The number of aryl methyl sites for hydroxylation is 1. The second-order valence-corrected chi connectivity index (χ2v) is 11.4. The summed E-state index contributed by atoms with van der Waals surface area (Å²) in [7, 11) is 1.54. The molecule has 0 aliphatic carbocycles. The minimum Gasteiger partial charge on any atom is -0.497 e. The predicted molar refractivity (Wildman–Crippen MR) is 160 cm³/mol. The summed E-state index contributed by atoms with van der Waals surface area (Å²) in [4.78, 5) is 62.2. The summed E-state index contributed by atoms with van der Waals surface area (Å²) in [6, 6.07) is 12.1. The molecule has 220 valence electrons. The summed E-state index contributed by atoms with van der Waals surface area (Å²) in [5.41, 5.74) is 1.22. The molecule has 0 radical (unpaired) electrons. The lowest BCUT2D eigenvalue weighted by Gasteiger charge is -2.24. The molecular weight excluding hydrogens is 594 g/mol. The van der Waals surface area contributed by atoms with Gasteiger partial charge in [-0.3, -0.25) is 24.3 Å². The number of ether oxygens (including phenoxy) is 2. The first-order valence-corrected chi connectivity index (χ1v) is 14.6. The highest BCUT2D eigenvalue weighted by molar-refractivity contribution is 7.99. The summed E-state index contributed by atoms with van der Waals surface area (Å²) < 4.78 is 12.3. The first kappa shape index (κ1) is 29.7. The van der Waals surface area contributed by atoms with E-state index >= 15 is 0 Å². The van der Waals surface area contributed by atoms with Crippen molar-refractivity contribution in [3.63, 3.8) is 0 Å². The number of aromatic nitrogens is 3. The van der Waals surface area contributed by atoms with E-state index in [0.717, 1.165) is 23.1 Å². The molecule has 12 nitrogen and oxygen atoms in total. The van der Waals surface area contributed by atoms with Crippen LogP contribution in [0.1, 0.15) is 36.7 Å². The van der Waals surface area contributed by atoms with E-state index in [-0.39, 0.29) is 38.0 Å². The molecule has 0 unspecified atom stereocenters. The Bertz CT molecular complexity index is 2030. The number of benzene rings is 2. The third kappa shape index (κ3) is 6.05. The molecule has 0 fully saturated rings. The molecule has 14 heteroatoms. The standard InChI is InChI=1S/C29H25N5O7S2/c1-5-41-27(37)24-16(3)31-29-33(25(24)18-7-9-19(40-4)10-8-18)26(36)22(43-29)14-17-6-11-21(20(13-17)34(38)39)42-28-30-15(2)12-23(35)32-28/h6-14,25H,5H2,1-4H3,(H,30,32,35)/b22-14+/t25-/m0/s1. The summed E-state index contributed by atoms with van der Waals surface area (Å²) in [6.07, 6.45) is 1.55. The van der Waals surface area contributed by atoms with Crippen LogP contribution >= 0.6 is 23.1 Å². The lowest BCUT2D eigenvalue weighted by molar-refractivity contribution is -0.387. The van der Waals surface area contributed by atoms with Crippen LogP contribution in [-0.2, 0) is 9.53 Å². The van der Waals surface area contributed by atoms with Gasteiger partial charge in [0.1, 0.15) is 5.75 Å². The molecule has 4 aromatic rings. The van der Waals surface area contributed by atoms with Gasteiger partial charge in [-0.05, 0) is 67.9 Å². The van der Waals surface area contributed by atoms with Crippen LogP contribution in [0.4, 0.5) is 5.69 Å². The maximum absolute atomic E-state index is 13.9. The fourth-order valence-corrected chi connectivity index (χ4v) is 6.57. The number of nitrogens with zero attached hydrogens (tertiary/aromatic N) is 4. The highest BCUT2D eigenvalue weighted by Crippen LogP contribution is 2.34. The maximum atomic E-state index is 13.9. The van der Waals surface area contributed by atoms with Crippen molar-refractivity contribution in [1.29, 1.82) is 0 Å². The minimum atomic E-state index is -0.805. The van der Waals surface area contributed by atoms with Crippen molar-refractivity contribution in [2.75, 3.05) is 13.7 Å². The highest BCUT2D eigenvalue weighted by Gasteiger charge is 2.33. The third-order valence-corrected chi connectivity index (χ3v) is 8.42. The van der Waals surface area contributed by atoms with Crippen LogP contribution in [-0.4, -0.2) is 39.1 Å². The van der Waals surface area contributed by atoms with E-state index in [1.54, 1.807) is 64.3 Å². The van der Waals surface area contributed by atoms with Crippen LogP contribution in [0.5, 0.6) is 5.75 Å². The van der Waals surface area contributed by atoms with E-state index < -0.39 is 22.5 Å². The summed E-state index contributed by atoms with van der Waals surface area (Å²) in [5, 5.41) is 12.2. The molecule has 3 heterocycles. The quantitative estimate of drug-likeness (QED) is 0.135. The number of H-pyrrole nitrogens is 1. The van der Waals surface area contributed by atoms with Gasteiger partial charge < -0.3 is 14.5 Å². The number of rotatable bonds is 8. The van der Waals surface area contributed by atoms with Crippen LogP contribution in [0.15, 0.2) is 84.4 Å².